The highest BCUT2D eigenvalue weighted by atomic mass is 32.2. The largest absolute Gasteiger partial charge is 0.443 e. The number of rotatable bonds is 4. The summed E-state index contributed by atoms with van der Waals surface area (Å²) in [6.45, 7) is 10.1. The number of nitrogens with zero attached hydrogens (tertiary/aromatic N) is 3. The summed E-state index contributed by atoms with van der Waals surface area (Å²) in [5.74, 6) is 2.77. The molecule has 0 spiro atoms. The molecule has 1 aliphatic rings. The summed E-state index contributed by atoms with van der Waals surface area (Å²) in [4.78, 5) is 12.7. The van der Waals surface area contributed by atoms with Crippen LogP contribution in [-0.2, 0) is 6.54 Å². The Labute approximate surface area is 151 Å². The first-order valence-corrected chi connectivity index (χ1v) is 10.1. The molecule has 0 aromatic carbocycles. The van der Waals surface area contributed by atoms with Gasteiger partial charge in [-0.15, -0.1) is 11.3 Å². The number of oxazole rings is 1. The Kier molecular flexibility index (Phi) is 5.50. The summed E-state index contributed by atoms with van der Waals surface area (Å²) in [6.07, 6.45) is 1.71. The van der Waals surface area contributed by atoms with E-state index in [-0.39, 0.29) is 4.75 Å². The van der Waals surface area contributed by atoms with E-state index < -0.39 is 0 Å². The zero-order chi connectivity index (χ0) is 17.0. The standard InChI is InChI=1S/C17H24N4OS2/c1-4-18-16(21-7-9-24-17(2,3)12-21)19-10-13-11-22-15(20-13)14-6-5-8-23-14/h5-6,8,11H,4,7,9-10,12H2,1-3H3,(H,18,19). The molecule has 0 saturated carbocycles. The van der Waals surface area contributed by atoms with Gasteiger partial charge in [-0.25, -0.2) is 9.98 Å². The second kappa shape index (κ2) is 7.61. The van der Waals surface area contributed by atoms with E-state index in [1.807, 2.05) is 29.3 Å². The van der Waals surface area contributed by atoms with E-state index in [4.69, 9.17) is 9.41 Å². The quantitative estimate of drug-likeness (QED) is 0.662. The lowest BCUT2D eigenvalue weighted by molar-refractivity contribution is 0.375. The van der Waals surface area contributed by atoms with Crippen molar-refractivity contribution in [2.45, 2.75) is 32.1 Å². The molecule has 0 radical (unpaired) electrons. The Hall–Kier alpha value is -1.47. The highest BCUT2D eigenvalue weighted by Crippen LogP contribution is 2.29. The molecule has 3 heterocycles. The Morgan fingerprint density at radius 2 is 2.38 bits per heavy atom. The first-order chi connectivity index (χ1) is 11.6. The van der Waals surface area contributed by atoms with Gasteiger partial charge >= 0.3 is 0 Å². The zero-order valence-electron chi connectivity index (χ0n) is 14.4. The fourth-order valence-corrected chi connectivity index (χ4v) is 4.44. The van der Waals surface area contributed by atoms with Crippen LogP contribution < -0.4 is 5.32 Å². The number of hydrogen-bond donors (Lipinski definition) is 1. The highest BCUT2D eigenvalue weighted by Gasteiger charge is 2.28. The summed E-state index contributed by atoms with van der Waals surface area (Å²) >= 11 is 3.65. The first-order valence-electron chi connectivity index (χ1n) is 8.23. The number of aromatic nitrogens is 1. The van der Waals surface area contributed by atoms with Crippen molar-refractivity contribution in [3.63, 3.8) is 0 Å². The minimum absolute atomic E-state index is 0.259. The average molecular weight is 365 g/mol. The van der Waals surface area contributed by atoms with Crippen LogP contribution in [0, 0.1) is 0 Å². The van der Waals surface area contributed by atoms with Gasteiger partial charge in [0.2, 0.25) is 5.89 Å². The SMILES string of the molecule is CCNC(=NCc1coc(-c2cccs2)n1)N1CCSC(C)(C)C1. The molecule has 1 saturated heterocycles. The van der Waals surface area contributed by atoms with Crippen LogP contribution in [0.4, 0.5) is 0 Å². The lowest BCUT2D eigenvalue weighted by atomic mass is 10.2. The van der Waals surface area contributed by atoms with Crippen molar-refractivity contribution >= 4 is 29.1 Å². The molecule has 0 aliphatic carbocycles. The molecule has 0 amide bonds. The van der Waals surface area contributed by atoms with Crippen LogP contribution in [0.15, 0.2) is 33.2 Å². The van der Waals surface area contributed by atoms with Gasteiger partial charge in [0, 0.05) is 30.1 Å². The van der Waals surface area contributed by atoms with E-state index in [0.29, 0.717) is 12.4 Å². The number of nitrogens with one attached hydrogen (secondary N) is 1. The van der Waals surface area contributed by atoms with Crippen LogP contribution in [0.3, 0.4) is 0 Å². The van der Waals surface area contributed by atoms with Gasteiger partial charge in [0.15, 0.2) is 5.96 Å². The van der Waals surface area contributed by atoms with Crippen LogP contribution in [0.1, 0.15) is 26.5 Å². The second-order valence-corrected chi connectivity index (χ2v) is 9.07. The smallest absolute Gasteiger partial charge is 0.236 e. The van der Waals surface area contributed by atoms with Gasteiger partial charge < -0.3 is 14.6 Å². The highest BCUT2D eigenvalue weighted by molar-refractivity contribution is 8.00. The molecule has 24 heavy (non-hydrogen) atoms. The molecule has 1 N–H and O–H groups in total. The molecular formula is C17H24N4OS2. The summed E-state index contributed by atoms with van der Waals surface area (Å²) in [5, 5.41) is 5.43. The fraction of sp³-hybridized carbons (Fsp3) is 0.529. The van der Waals surface area contributed by atoms with Gasteiger partial charge in [-0.1, -0.05) is 6.07 Å². The molecule has 1 aliphatic heterocycles. The minimum Gasteiger partial charge on any atom is -0.443 e. The van der Waals surface area contributed by atoms with Crippen molar-refractivity contribution in [3.05, 3.63) is 29.5 Å². The van der Waals surface area contributed by atoms with E-state index in [0.717, 1.165) is 41.9 Å². The maximum atomic E-state index is 5.57. The number of aliphatic imine (C=N–C) groups is 1. The van der Waals surface area contributed by atoms with Crippen LogP contribution in [0.25, 0.3) is 10.8 Å². The van der Waals surface area contributed by atoms with Crippen molar-refractivity contribution in [3.8, 4) is 10.8 Å². The average Bonchev–Trinajstić information content (AvgIpc) is 3.21. The molecule has 0 bridgehead atoms. The van der Waals surface area contributed by atoms with E-state index in [2.05, 4.69) is 36.0 Å². The van der Waals surface area contributed by atoms with Crippen molar-refractivity contribution in [2.24, 2.45) is 4.99 Å². The lowest BCUT2D eigenvalue weighted by Crippen LogP contribution is -2.50. The summed E-state index contributed by atoms with van der Waals surface area (Å²) in [7, 11) is 0. The van der Waals surface area contributed by atoms with Gasteiger partial charge in [0.05, 0.1) is 11.4 Å². The molecule has 5 nitrogen and oxygen atoms in total. The zero-order valence-corrected chi connectivity index (χ0v) is 16.0. The van der Waals surface area contributed by atoms with Crippen molar-refractivity contribution in [2.75, 3.05) is 25.4 Å². The second-order valence-electron chi connectivity index (χ2n) is 6.32. The van der Waals surface area contributed by atoms with Gasteiger partial charge in [-0.2, -0.15) is 11.8 Å². The first kappa shape index (κ1) is 17.4. The van der Waals surface area contributed by atoms with Crippen LogP contribution >= 0.6 is 23.1 Å². The third kappa shape index (κ3) is 4.33. The van der Waals surface area contributed by atoms with Gasteiger partial charge in [0.1, 0.15) is 12.0 Å². The molecule has 2 aromatic rings. The van der Waals surface area contributed by atoms with E-state index in [1.165, 1.54) is 0 Å². The van der Waals surface area contributed by atoms with Crippen LogP contribution in [-0.4, -0.2) is 46.0 Å². The predicted molar refractivity (Wildman–Crippen MR) is 103 cm³/mol. The topological polar surface area (TPSA) is 53.7 Å². The third-order valence-corrected chi connectivity index (χ3v) is 5.89. The van der Waals surface area contributed by atoms with Crippen molar-refractivity contribution < 1.29 is 4.42 Å². The van der Waals surface area contributed by atoms with Crippen LogP contribution in [0.5, 0.6) is 0 Å². The third-order valence-electron chi connectivity index (χ3n) is 3.73. The maximum absolute atomic E-state index is 5.57. The summed E-state index contributed by atoms with van der Waals surface area (Å²) in [6, 6.07) is 4.02. The monoisotopic (exact) mass is 364 g/mol. The van der Waals surface area contributed by atoms with E-state index >= 15 is 0 Å². The Morgan fingerprint density at radius 1 is 1.50 bits per heavy atom. The van der Waals surface area contributed by atoms with E-state index in [9.17, 15) is 0 Å². The van der Waals surface area contributed by atoms with Crippen molar-refractivity contribution in [1.82, 2.24) is 15.2 Å². The number of guanidine groups is 1. The fourth-order valence-electron chi connectivity index (χ4n) is 2.67. The molecule has 0 atom stereocenters. The molecular weight excluding hydrogens is 340 g/mol. The number of hydrogen-bond acceptors (Lipinski definition) is 5. The number of thioether (sulfide) groups is 1. The Balaban J connectivity index is 1.70. The van der Waals surface area contributed by atoms with E-state index in [1.54, 1.807) is 17.6 Å². The molecule has 7 heteroatoms. The van der Waals surface area contributed by atoms with Gasteiger partial charge in [-0.3, -0.25) is 0 Å². The molecule has 1 fully saturated rings. The predicted octanol–water partition coefficient (Wildman–Crippen LogP) is 3.70. The van der Waals surface area contributed by atoms with Crippen molar-refractivity contribution in [1.29, 1.82) is 0 Å². The normalized spacial score (nSPS) is 18.0. The Bertz CT molecular complexity index is 679. The molecule has 3 rings (SSSR count). The molecule has 0 unspecified atom stereocenters. The van der Waals surface area contributed by atoms with Gasteiger partial charge in [-0.05, 0) is 32.2 Å². The summed E-state index contributed by atoms with van der Waals surface area (Å²) in [5.41, 5.74) is 0.861. The number of thiophene rings is 1. The summed E-state index contributed by atoms with van der Waals surface area (Å²) < 4.78 is 5.83. The van der Waals surface area contributed by atoms with Gasteiger partial charge in [0.25, 0.3) is 0 Å². The molecule has 130 valence electrons. The minimum atomic E-state index is 0.259. The Morgan fingerprint density at radius 3 is 3.08 bits per heavy atom. The van der Waals surface area contributed by atoms with Crippen LogP contribution in [0.2, 0.25) is 0 Å². The molecule has 2 aromatic heterocycles. The lowest BCUT2D eigenvalue weighted by Gasteiger charge is -2.39. The maximum Gasteiger partial charge on any atom is 0.236 e.